The minimum absolute atomic E-state index is 0.0192. The molecule has 0 aliphatic carbocycles. The molecule has 1 unspecified atom stereocenters. The van der Waals surface area contributed by atoms with Gasteiger partial charge in [-0.15, -0.1) is 0 Å². The number of thiocarbonyl (C=S) groups is 1. The summed E-state index contributed by atoms with van der Waals surface area (Å²) in [5.41, 5.74) is 0.833. The van der Waals surface area contributed by atoms with Crippen molar-refractivity contribution in [3.63, 3.8) is 0 Å². The predicted octanol–water partition coefficient (Wildman–Crippen LogP) is 1.83. The van der Waals surface area contributed by atoms with Gasteiger partial charge in [-0.3, -0.25) is 18.9 Å². The van der Waals surface area contributed by atoms with Crippen LogP contribution in [0.4, 0.5) is 5.82 Å². The lowest BCUT2D eigenvalue weighted by atomic mass is 10.2. The molecule has 0 bridgehead atoms. The highest BCUT2D eigenvalue weighted by molar-refractivity contribution is 8.26. The number of aromatic nitrogens is 2. The molecule has 3 saturated heterocycles. The highest BCUT2D eigenvalue weighted by Gasteiger charge is 2.35. The number of hydrogen-bond acceptors (Lipinski definition) is 8. The van der Waals surface area contributed by atoms with Crippen molar-refractivity contribution >= 4 is 51.7 Å². The molecule has 5 rings (SSSR count). The Morgan fingerprint density at radius 1 is 1.25 bits per heavy atom. The Bertz CT molecular complexity index is 1150. The lowest BCUT2D eigenvalue weighted by Crippen LogP contribution is -2.45. The number of anilines is 1. The summed E-state index contributed by atoms with van der Waals surface area (Å²) in [6.45, 7) is 4.50. The quantitative estimate of drug-likeness (QED) is 0.494. The molecule has 0 spiro atoms. The molecule has 0 aromatic carbocycles. The smallest absolute Gasteiger partial charge is 0.267 e. The summed E-state index contributed by atoms with van der Waals surface area (Å²) in [5, 5.41) is 0. The van der Waals surface area contributed by atoms with E-state index in [2.05, 4.69) is 16.8 Å². The second-order valence-corrected chi connectivity index (χ2v) is 9.98. The van der Waals surface area contributed by atoms with E-state index in [1.54, 1.807) is 23.2 Å². The van der Waals surface area contributed by atoms with E-state index >= 15 is 0 Å². The zero-order valence-electron chi connectivity index (χ0n) is 17.9. The van der Waals surface area contributed by atoms with E-state index in [1.165, 1.54) is 16.2 Å². The first-order valence-corrected chi connectivity index (χ1v) is 12.1. The van der Waals surface area contributed by atoms with Crippen molar-refractivity contribution in [2.24, 2.45) is 0 Å². The number of pyridine rings is 1. The summed E-state index contributed by atoms with van der Waals surface area (Å²) in [6, 6.07) is 5.49. The maximum Gasteiger partial charge on any atom is 0.267 e. The Labute approximate surface area is 195 Å². The molecule has 1 atom stereocenters. The molecular weight excluding hydrogens is 446 g/mol. The van der Waals surface area contributed by atoms with Crippen LogP contribution in [0.3, 0.4) is 0 Å². The zero-order chi connectivity index (χ0) is 22.2. The van der Waals surface area contributed by atoms with Crippen LogP contribution in [0, 0.1) is 0 Å². The van der Waals surface area contributed by atoms with Crippen LogP contribution >= 0.6 is 24.0 Å². The maximum atomic E-state index is 13.4. The number of rotatable bonds is 4. The molecule has 3 aliphatic rings. The summed E-state index contributed by atoms with van der Waals surface area (Å²) >= 11 is 6.72. The Hall–Kier alpha value is -2.27. The van der Waals surface area contributed by atoms with Gasteiger partial charge in [0.2, 0.25) is 0 Å². The van der Waals surface area contributed by atoms with Gasteiger partial charge in [0.25, 0.3) is 11.5 Å². The molecule has 1 amide bonds. The van der Waals surface area contributed by atoms with Crippen molar-refractivity contribution in [1.82, 2.24) is 19.2 Å². The molecule has 0 N–H and O–H groups in total. The van der Waals surface area contributed by atoms with Crippen molar-refractivity contribution in [1.29, 1.82) is 0 Å². The molecule has 168 valence electrons. The molecular formula is C22H25N5O3S2. The van der Waals surface area contributed by atoms with Crippen LogP contribution in [0.15, 0.2) is 34.1 Å². The lowest BCUT2D eigenvalue weighted by molar-refractivity contribution is -0.123. The van der Waals surface area contributed by atoms with Crippen molar-refractivity contribution in [3.05, 3.63) is 45.2 Å². The van der Waals surface area contributed by atoms with Crippen molar-refractivity contribution in [2.75, 3.05) is 51.3 Å². The van der Waals surface area contributed by atoms with E-state index in [0.29, 0.717) is 32.8 Å². The number of hydrogen-bond donors (Lipinski definition) is 0. The Kier molecular flexibility index (Phi) is 6.02. The molecule has 10 heteroatoms. The molecule has 0 radical (unpaired) electrons. The van der Waals surface area contributed by atoms with Gasteiger partial charge < -0.3 is 14.5 Å². The highest BCUT2D eigenvalue weighted by atomic mass is 32.2. The van der Waals surface area contributed by atoms with Crippen molar-refractivity contribution in [2.45, 2.75) is 18.9 Å². The first-order chi connectivity index (χ1) is 15.5. The number of carbonyl (C=O) groups is 1. The average Bonchev–Trinajstić information content (AvgIpc) is 3.40. The normalized spacial score (nSPS) is 23.8. The molecule has 3 fully saturated rings. The Balaban J connectivity index is 1.54. The van der Waals surface area contributed by atoms with E-state index in [9.17, 15) is 9.59 Å². The number of ether oxygens (including phenoxy) is 1. The fourth-order valence-electron chi connectivity index (χ4n) is 4.26. The van der Waals surface area contributed by atoms with Gasteiger partial charge in [0.15, 0.2) is 0 Å². The SMILES string of the molecule is CN1CCN(c2nc3ccccn3c(=O)c2/C=C2/SC(=S)N(CC3CCCO3)C2=O)CC1. The van der Waals surface area contributed by atoms with Crippen LogP contribution in [0.1, 0.15) is 18.4 Å². The molecule has 2 aromatic heterocycles. The van der Waals surface area contributed by atoms with E-state index < -0.39 is 0 Å². The first-order valence-electron chi connectivity index (χ1n) is 10.8. The zero-order valence-corrected chi connectivity index (χ0v) is 19.5. The third-order valence-corrected chi connectivity index (χ3v) is 7.49. The maximum absolute atomic E-state index is 13.4. The number of carbonyl (C=O) groups excluding carboxylic acids is 1. The minimum Gasteiger partial charge on any atom is -0.376 e. The van der Waals surface area contributed by atoms with Gasteiger partial charge in [0.1, 0.15) is 15.8 Å². The monoisotopic (exact) mass is 471 g/mol. The van der Waals surface area contributed by atoms with Crippen molar-refractivity contribution in [3.8, 4) is 0 Å². The summed E-state index contributed by atoms with van der Waals surface area (Å²) in [5.74, 6) is 0.455. The van der Waals surface area contributed by atoms with E-state index in [1.807, 2.05) is 12.1 Å². The summed E-state index contributed by atoms with van der Waals surface area (Å²) in [4.78, 5) is 37.9. The number of nitrogens with zero attached hydrogens (tertiary/aromatic N) is 5. The number of piperazine rings is 1. The van der Waals surface area contributed by atoms with Crippen LogP contribution in [-0.2, 0) is 9.53 Å². The molecule has 8 nitrogen and oxygen atoms in total. The van der Waals surface area contributed by atoms with Gasteiger partial charge in [-0.25, -0.2) is 4.98 Å². The van der Waals surface area contributed by atoms with E-state index in [-0.39, 0.29) is 17.6 Å². The third-order valence-electron chi connectivity index (χ3n) is 6.11. The Morgan fingerprint density at radius 2 is 2.06 bits per heavy atom. The van der Waals surface area contributed by atoms with Gasteiger partial charge in [-0.05, 0) is 38.1 Å². The van der Waals surface area contributed by atoms with Crippen LogP contribution in [-0.4, -0.2) is 81.9 Å². The first kappa shape index (κ1) is 21.6. The number of thioether (sulfide) groups is 1. The Morgan fingerprint density at radius 3 is 2.81 bits per heavy atom. The summed E-state index contributed by atoms with van der Waals surface area (Å²) < 4.78 is 7.72. The molecule has 0 saturated carbocycles. The predicted molar refractivity (Wildman–Crippen MR) is 130 cm³/mol. The third kappa shape index (κ3) is 4.07. The molecule has 5 heterocycles. The van der Waals surface area contributed by atoms with Gasteiger partial charge >= 0.3 is 0 Å². The largest absolute Gasteiger partial charge is 0.376 e. The van der Waals surface area contributed by atoms with Crippen LogP contribution in [0.2, 0.25) is 0 Å². The van der Waals surface area contributed by atoms with Gasteiger partial charge in [-0.1, -0.05) is 30.0 Å². The fraction of sp³-hybridized carbons (Fsp3) is 0.455. The van der Waals surface area contributed by atoms with Gasteiger partial charge in [-0.2, -0.15) is 0 Å². The summed E-state index contributed by atoms with van der Waals surface area (Å²) in [7, 11) is 2.08. The molecule has 3 aliphatic heterocycles. The van der Waals surface area contributed by atoms with Crippen LogP contribution in [0.25, 0.3) is 11.7 Å². The van der Waals surface area contributed by atoms with E-state index in [4.69, 9.17) is 21.9 Å². The van der Waals surface area contributed by atoms with Crippen LogP contribution in [0.5, 0.6) is 0 Å². The molecule has 2 aromatic rings. The van der Waals surface area contributed by atoms with Gasteiger partial charge in [0, 0.05) is 39.0 Å². The second-order valence-electron chi connectivity index (χ2n) is 8.30. The number of amides is 1. The highest BCUT2D eigenvalue weighted by Crippen LogP contribution is 2.34. The summed E-state index contributed by atoms with van der Waals surface area (Å²) in [6.07, 6.45) is 5.34. The lowest BCUT2D eigenvalue weighted by Gasteiger charge is -2.34. The average molecular weight is 472 g/mol. The molecule has 32 heavy (non-hydrogen) atoms. The number of likely N-dealkylation sites (N-methyl/N-ethyl adjacent to an activating group) is 1. The standard InChI is InChI=1S/C22H25N5O3S2/c1-24-8-10-25(11-9-24)19-16(20(28)26-7-3-2-6-18(26)23-19)13-17-21(29)27(22(31)32-17)14-15-5-4-12-30-15/h2-3,6-7,13,15H,4-5,8-12,14H2,1H3/b17-13+. The topological polar surface area (TPSA) is 70.4 Å². The van der Waals surface area contributed by atoms with Crippen LogP contribution < -0.4 is 10.5 Å². The minimum atomic E-state index is -0.186. The second kappa shape index (κ2) is 8.93. The fourth-order valence-corrected chi connectivity index (χ4v) is 5.51. The van der Waals surface area contributed by atoms with Crippen molar-refractivity contribution < 1.29 is 9.53 Å². The van der Waals surface area contributed by atoms with E-state index in [0.717, 1.165) is 45.6 Å². The number of fused-ring (bicyclic) bond motifs is 1. The van der Waals surface area contributed by atoms with Gasteiger partial charge in [0.05, 0.1) is 23.1 Å².